The van der Waals surface area contributed by atoms with E-state index in [9.17, 15) is 8.42 Å². The van der Waals surface area contributed by atoms with Gasteiger partial charge in [0.25, 0.3) is 0 Å². The monoisotopic (exact) mass is 296 g/mol. The summed E-state index contributed by atoms with van der Waals surface area (Å²) in [5.74, 6) is 0. The molecule has 0 aromatic heterocycles. The van der Waals surface area contributed by atoms with Crippen molar-refractivity contribution >= 4 is 15.7 Å². The highest BCUT2D eigenvalue weighted by atomic mass is 32.2. The zero-order valence-corrected chi connectivity index (χ0v) is 12.9. The fourth-order valence-corrected chi connectivity index (χ4v) is 4.95. The molecular formula is C15H24N2O2S. The predicted molar refractivity (Wildman–Crippen MR) is 82.7 cm³/mol. The number of sulfonamides is 1. The Morgan fingerprint density at radius 3 is 2.60 bits per heavy atom. The quantitative estimate of drug-likeness (QED) is 0.821. The zero-order valence-electron chi connectivity index (χ0n) is 12.1. The number of nitrogen functional groups attached to an aromatic ring is 1. The molecule has 5 heteroatoms. The summed E-state index contributed by atoms with van der Waals surface area (Å²) in [4.78, 5) is 0. The molecule has 0 amide bonds. The molecule has 0 spiro atoms. The largest absolute Gasteiger partial charge is 0.399 e. The van der Waals surface area contributed by atoms with Gasteiger partial charge in [0, 0.05) is 18.8 Å². The third-order valence-electron chi connectivity index (χ3n) is 3.87. The Morgan fingerprint density at radius 1 is 1.30 bits per heavy atom. The van der Waals surface area contributed by atoms with E-state index in [-0.39, 0.29) is 5.25 Å². The minimum absolute atomic E-state index is 0.185. The number of nitrogens with two attached hydrogens (primary N) is 1. The van der Waals surface area contributed by atoms with Gasteiger partial charge in [-0.3, -0.25) is 0 Å². The Morgan fingerprint density at radius 2 is 2.00 bits per heavy atom. The van der Waals surface area contributed by atoms with Crippen LogP contribution < -0.4 is 5.73 Å². The van der Waals surface area contributed by atoms with Crippen LogP contribution in [0.15, 0.2) is 24.3 Å². The van der Waals surface area contributed by atoms with E-state index in [0.717, 1.165) is 37.7 Å². The molecule has 112 valence electrons. The van der Waals surface area contributed by atoms with Crippen LogP contribution in [0.5, 0.6) is 0 Å². The molecule has 1 aliphatic carbocycles. The molecule has 2 rings (SSSR count). The number of hydrogen-bond donors (Lipinski definition) is 1. The molecule has 0 saturated heterocycles. The lowest BCUT2D eigenvalue weighted by Gasteiger charge is -2.25. The summed E-state index contributed by atoms with van der Waals surface area (Å²) < 4.78 is 27.1. The van der Waals surface area contributed by atoms with Crippen LogP contribution in [-0.4, -0.2) is 24.5 Å². The number of hydrogen-bond acceptors (Lipinski definition) is 3. The molecule has 1 fully saturated rings. The van der Waals surface area contributed by atoms with E-state index >= 15 is 0 Å². The lowest BCUT2D eigenvalue weighted by atomic mass is 10.2. The Labute approximate surface area is 122 Å². The summed E-state index contributed by atoms with van der Waals surface area (Å²) in [6, 6.07) is 7.48. The third kappa shape index (κ3) is 3.52. The van der Waals surface area contributed by atoms with Crippen LogP contribution in [0.25, 0.3) is 0 Å². The summed E-state index contributed by atoms with van der Waals surface area (Å²) >= 11 is 0. The normalized spacial score (nSPS) is 16.9. The molecule has 2 N–H and O–H groups in total. The number of anilines is 1. The average molecular weight is 296 g/mol. The van der Waals surface area contributed by atoms with Crippen molar-refractivity contribution < 1.29 is 8.42 Å². The topological polar surface area (TPSA) is 63.4 Å². The molecule has 4 nitrogen and oxygen atoms in total. The maximum Gasteiger partial charge on any atom is 0.217 e. The second-order valence-electron chi connectivity index (χ2n) is 5.53. The molecule has 1 aromatic carbocycles. The Bertz CT molecular complexity index is 537. The van der Waals surface area contributed by atoms with Gasteiger partial charge >= 0.3 is 0 Å². The molecule has 0 heterocycles. The molecule has 0 aliphatic heterocycles. The Kier molecular flexibility index (Phi) is 5.05. The molecule has 0 bridgehead atoms. The first-order chi connectivity index (χ1) is 9.54. The van der Waals surface area contributed by atoms with Crippen LogP contribution in [0.2, 0.25) is 0 Å². The van der Waals surface area contributed by atoms with Crippen LogP contribution >= 0.6 is 0 Å². The first-order valence-corrected chi connectivity index (χ1v) is 8.87. The van der Waals surface area contributed by atoms with Crippen molar-refractivity contribution in [3.63, 3.8) is 0 Å². The fraction of sp³-hybridized carbons (Fsp3) is 0.600. The van der Waals surface area contributed by atoms with Crippen molar-refractivity contribution in [2.45, 2.75) is 50.8 Å². The fourth-order valence-electron chi connectivity index (χ4n) is 2.84. The van der Waals surface area contributed by atoms with Crippen molar-refractivity contribution in [1.82, 2.24) is 4.31 Å². The van der Waals surface area contributed by atoms with Crippen LogP contribution in [-0.2, 0) is 16.6 Å². The zero-order chi connectivity index (χ0) is 14.6. The smallest absolute Gasteiger partial charge is 0.217 e. The summed E-state index contributed by atoms with van der Waals surface area (Å²) in [6.45, 7) is 3.02. The molecule has 0 radical (unpaired) electrons. The van der Waals surface area contributed by atoms with E-state index in [1.165, 1.54) is 0 Å². The van der Waals surface area contributed by atoms with Crippen LogP contribution in [0, 0.1) is 0 Å². The van der Waals surface area contributed by atoms with Gasteiger partial charge in [0.05, 0.1) is 5.25 Å². The van der Waals surface area contributed by atoms with E-state index < -0.39 is 10.0 Å². The van der Waals surface area contributed by atoms with Gasteiger partial charge in [-0.05, 0) is 37.0 Å². The molecule has 0 unspecified atom stereocenters. The first kappa shape index (κ1) is 15.3. The number of benzene rings is 1. The van der Waals surface area contributed by atoms with E-state index in [2.05, 4.69) is 0 Å². The molecule has 1 aromatic rings. The molecule has 0 atom stereocenters. The second kappa shape index (κ2) is 6.59. The van der Waals surface area contributed by atoms with Crippen LogP contribution in [0.3, 0.4) is 0 Å². The summed E-state index contributed by atoms with van der Waals surface area (Å²) in [5.41, 5.74) is 7.41. The van der Waals surface area contributed by atoms with Gasteiger partial charge in [-0.1, -0.05) is 31.9 Å². The molecular weight excluding hydrogens is 272 g/mol. The number of nitrogens with zero attached hydrogens (tertiary/aromatic N) is 1. The first-order valence-electron chi connectivity index (χ1n) is 7.37. The van der Waals surface area contributed by atoms with E-state index in [1.54, 1.807) is 4.31 Å². The maximum atomic E-state index is 12.7. The summed E-state index contributed by atoms with van der Waals surface area (Å²) in [7, 11) is -3.18. The van der Waals surface area contributed by atoms with E-state index in [1.807, 2.05) is 31.2 Å². The standard InChI is InChI=1S/C15H24N2O2S/c1-2-10-17(12-13-6-5-7-14(16)11-13)20(18,19)15-8-3-4-9-15/h5-7,11,15H,2-4,8-10,12,16H2,1H3. The van der Waals surface area contributed by atoms with Crippen molar-refractivity contribution in [3.05, 3.63) is 29.8 Å². The van der Waals surface area contributed by atoms with Gasteiger partial charge in [0.1, 0.15) is 0 Å². The van der Waals surface area contributed by atoms with Gasteiger partial charge in [0.15, 0.2) is 0 Å². The summed E-state index contributed by atoms with van der Waals surface area (Å²) in [5, 5.41) is -0.185. The Balaban J connectivity index is 2.17. The van der Waals surface area contributed by atoms with Crippen LogP contribution in [0.4, 0.5) is 5.69 Å². The van der Waals surface area contributed by atoms with Gasteiger partial charge < -0.3 is 5.73 Å². The minimum Gasteiger partial charge on any atom is -0.399 e. The lowest BCUT2D eigenvalue weighted by Crippen LogP contribution is -2.37. The second-order valence-corrected chi connectivity index (χ2v) is 7.74. The van der Waals surface area contributed by atoms with Gasteiger partial charge in [-0.15, -0.1) is 0 Å². The third-order valence-corrected chi connectivity index (χ3v) is 6.21. The van der Waals surface area contributed by atoms with Gasteiger partial charge in [-0.25, -0.2) is 8.42 Å². The predicted octanol–water partition coefficient (Wildman–Crippen LogP) is 2.75. The van der Waals surface area contributed by atoms with Gasteiger partial charge in [0.2, 0.25) is 10.0 Å². The highest BCUT2D eigenvalue weighted by Crippen LogP contribution is 2.28. The minimum atomic E-state index is -3.18. The van der Waals surface area contributed by atoms with Crippen molar-refractivity contribution in [3.8, 4) is 0 Å². The average Bonchev–Trinajstić information content (AvgIpc) is 2.93. The highest BCUT2D eigenvalue weighted by molar-refractivity contribution is 7.89. The molecule has 1 saturated carbocycles. The van der Waals surface area contributed by atoms with Gasteiger partial charge in [-0.2, -0.15) is 4.31 Å². The van der Waals surface area contributed by atoms with Crippen molar-refractivity contribution in [2.24, 2.45) is 0 Å². The SMILES string of the molecule is CCCN(Cc1cccc(N)c1)S(=O)(=O)C1CCCC1. The maximum absolute atomic E-state index is 12.7. The van der Waals surface area contributed by atoms with Crippen molar-refractivity contribution in [2.75, 3.05) is 12.3 Å². The van der Waals surface area contributed by atoms with Crippen LogP contribution in [0.1, 0.15) is 44.6 Å². The molecule has 1 aliphatic rings. The van der Waals surface area contributed by atoms with E-state index in [0.29, 0.717) is 18.8 Å². The highest BCUT2D eigenvalue weighted by Gasteiger charge is 2.33. The van der Waals surface area contributed by atoms with Crippen molar-refractivity contribution in [1.29, 1.82) is 0 Å². The molecule has 20 heavy (non-hydrogen) atoms. The summed E-state index contributed by atoms with van der Waals surface area (Å²) in [6.07, 6.45) is 4.50. The number of rotatable bonds is 6. The lowest BCUT2D eigenvalue weighted by molar-refractivity contribution is 0.398. The Hall–Kier alpha value is -1.07. The van der Waals surface area contributed by atoms with E-state index in [4.69, 9.17) is 5.73 Å².